The average Bonchev–Trinajstić information content (AvgIpc) is 2.59. The molecule has 104 valence electrons. The van der Waals surface area contributed by atoms with Gasteiger partial charge < -0.3 is 10.1 Å². The standard InChI is InChI=1S/C11H18BrF2N3O/c1-3-8-11(12)9(17(2)16-8)6-15-4-5-18-7-10(13)14/h10,15H,3-7H2,1-2H3. The summed E-state index contributed by atoms with van der Waals surface area (Å²) in [5.41, 5.74) is 2.06. The lowest BCUT2D eigenvalue weighted by atomic mass is 10.3. The summed E-state index contributed by atoms with van der Waals surface area (Å²) in [4.78, 5) is 0. The van der Waals surface area contributed by atoms with Crippen LogP contribution in [0.3, 0.4) is 0 Å². The smallest absolute Gasteiger partial charge is 0.261 e. The molecule has 0 bridgehead atoms. The van der Waals surface area contributed by atoms with Gasteiger partial charge in [0, 0.05) is 20.1 Å². The molecule has 0 saturated heterocycles. The van der Waals surface area contributed by atoms with E-state index in [1.54, 1.807) is 0 Å². The Labute approximate surface area is 114 Å². The summed E-state index contributed by atoms with van der Waals surface area (Å²) in [7, 11) is 1.88. The van der Waals surface area contributed by atoms with Crippen LogP contribution < -0.4 is 5.32 Å². The van der Waals surface area contributed by atoms with E-state index in [9.17, 15) is 8.78 Å². The van der Waals surface area contributed by atoms with E-state index in [0.717, 1.165) is 22.3 Å². The Morgan fingerprint density at radius 1 is 1.50 bits per heavy atom. The van der Waals surface area contributed by atoms with Gasteiger partial charge in [-0.15, -0.1) is 0 Å². The molecule has 7 heteroatoms. The van der Waals surface area contributed by atoms with E-state index in [4.69, 9.17) is 4.74 Å². The maximum Gasteiger partial charge on any atom is 0.261 e. The molecule has 1 rings (SSSR count). The summed E-state index contributed by atoms with van der Waals surface area (Å²) in [6, 6.07) is 0. The van der Waals surface area contributed by atoms with Crippen molar-refractivity contribution >= 4 is 15.9 Å². The fraction of sp³-hybridized carbons (Fsp3) is 0.727. The maximum atomic E-state index is 11.8. The van der Waals surface area contributed by atoms with Gasteiger partial charge in [0.1, 0.15) is 6.61 Å². The second kappa shape index (κ2) is 7.81. The second-order valence-electron chi connectivity index (χ2n) is 3.83. The minimum atomic E-state index is -2.40. The highest BCUT2D eigenvalue weighted by Crippen LogP contribution is 2.21. The van der Waals surface area contributed by atoms with E-state index in [1.807, 2.05) is 18.7 Å². The summed E-state index contributed by atoms with van der Waals surface area (Å²) in [6.07, 6.45) is -1.53. The number of ether oxygens (including phenoxy) is 1. The topological polar surface area (TPSA) is 39.1 Å². The van der Waals surface area contributed by atoms with Gasteiger partial charge in [-0.1, -0.05) is 6.92 Å². The molecular weight excluding hydrogens is 308 g/mol. The molecule has 1 aromatic rings. The quantitative estimate of drug-likeness (QED) is 0.744. The van der Waals surface area contributed by atoms with Crippen LogP contribution in [-0.4, -0.2) is 36.0 Å². The number of hydrogen-bond acceptors (Lipinski definition) is 3. The van der Waals surface area contributed by atoms with Crippen molar-refractivity contribution in [2.24, 2.45) is 7.05 Å². The van der Waals surface area contributed by atoms with Crippen LogP contribution in [0.1, 0.15) is 18.3 Å². The van der Waals surface area contributed by atoms with E-state index in [2.05, 4.69) is 26.3 Å². The fourth-order valence-corrected chi connectivity index (χ4v) is 2.29. The minimum absolute atomic E-state index is 0.278. The molecule has 0 unspecified atom stereocenters. The van der Waals surface area contributed by atoms with Crippen molar-refractivity contribution < 1.29 is 13.5 Å². The second-order valence-corrected chi connectivity index (χ2v) is 4.62. The summed E-state index contributed by atoms with van der Waals surface area (Å²) in [5, 5.41) is 7.50. The Morgan fingerprint density at radius 2 is 2.22 bits per heavy atom. The van der Waals surface area contributed by atoms with Gasteiger partial charge in [0.15, 0.2) is 0 Å². The molecule has 0 aliphatic carbocycles. The molecule has 0 aliphatic rings. The lowest BCUT2D eigenvalue weighted by Gasteiger charge is -2.06. The SMILES string of the molecule is CCc1nn(C)c(CNCCOCC(F)F)c1Br. The Balaban J connectivity index is 2.29. The van der Waals surface area contributed by atoms with Crippen LogP contribution in [0.5, 0.6) is 0 Å². The molecule has 1 heterocycles. The average molecular weight is 326 g/mol. The molecule has 0 atom stereocenters. The molecule has 0 fully saturated rings. The van der Waals surface area contributed by atoms with Gasteiger partial charge in [-0.25, -0.2) is 8.78 Å². The van der Waals surface area contributed by atoms with Crippen LogP contribution >= 0.6 is 15.9 Å². The van der Waals surface area contributed by atoms with Gasteiger partial charge in [-0.2, -0.15) is 5.10 Å². The first kappa shape index (κ1) is 15.5. The largest absolute Gasteiger partial charge is 0.374 e. The highest BCUT2D eigenvalue weighted by atomic mass is 79.9. The summed E-state index contributed by atoms with van der Waals surface area (Å²) in [5.74, 6) is 0. The molecule has 4 nitrogen and oxygen atoms in total. The van der Waals surface area contributed by atoms with Crippen LogP contribution in [0.25, 0.3) is 0 Å². The van der Waals surface area contributed by atoms with E-state index in [-0.39, 0.29) is 6.61 Å². The van der Waals surface area contributed by atoms with Gasteiger partial charge >= 0.3 is 0 Å². The molecule has 1 N–H and O–H groups in total. The number of aryl methyl sites for hydroxylation is 2. The molecule has 0 aliphatic heterocycles. The summed E-state index contributed by atoms with van der Waals surface area (Å²) >= 11 is 3.51. The molecule has 0 radical (unpaired) electrons. The Morgan fingerprint density at radius 3 is 2.78 bits per heavy atom. The van der Waals surface area contributed by atoms with Gasteiger partial charge in [0.25, 0.3) is 6.43 Å². The van der Waals surface area contributed by atoms with E-state index < -0.39 is 13.0 Å². The predicted octanol–water partition coefficient (Wildman–Crippen LogP) is 2.12. The first-order chi connectivity index (χ1) is 8.56. The Hall–Kier alpha value is -0.530. The van der Waals surface area contributed by atoms with Crippen LogP contribution in [0.4, 0.5) is 8.78 Å². The van der Waals surface area contributed by atoms with Crippen LogP contribution in [-0.2, 0) is 24.8 Å². The van der Waals surface area contributed by atoms with E-state index in [0.29, 0.717) is 13.1 Å². The number of halogens is 3. The normalized spacial score (nSPS) is 11.4. The highest BCUT2D eigenvalue weighted by molar-refractivity contribution is 9.10. The molecule has 18 heavy (non-hydrogen) atoms. The highest BCUT2D eigenvalue weighted by Gasteiger charge is 2.11. The van der Waals surface area contributed by atoms with Gasteiger partial charge in [-0.05, 0) is 22.4 Å². The monoisotopic (exact) mass is 325 g/mol. The molecule has 0 amide bonds. The van der Waals surface area contributed by atoms with Crippen molar-refractivity contribution in [2.75, 3.05) is 19.8 Å². The first-order valence-corrected chi connectivity index (χ1v) is 6.62. The molecular formula is C11H18BrF2N3O. The zero-order chi connectivity index (χ0) is 13.5. The fourth-order valence-electron chi connectivity index (χ4n) is 1.54. The lowest BCUT2D eigenvalue weighted by Crippen LogP contribution is -2.22. The molecule has 0 saturated carbocycles. The Bertz CT molecular complexity index is 371. The summed E-state index contributed by atoms with van der Waals surface area (Å²) < 4.78 is 31.2. The van der Waals surface area contributed by atoms with Crippen LogP contribution in [0.15, 0.2) is 4.47 Å². The number of rotatable bonds is 8. The maximum absolute atomic E-state index is 11.8. The minimum Gasteiger partial charge on any atom is -0.374 e. The zero-order valence-electron chi connectivity index (χ0n) is 10.5. The van der Waals surface area contributed by atoms with Gasteiger partial charge in [0.05, 0.1) is 22.5 Å². The van der Waals surface area contributed by atoms with Crippen molar-refractivity contribution in [3.05, 3.63) is 15.9 Å². The van der Waals surface area contributed by atoms with Gasteiger partial charge in [-0.3, -0.25) is 4.68 Å². The number of nitrogens with zero attached hydrogens (tertiary/aromatic N) is 2. The van der Waals surface area contributed by atoms with Crippen molar-refractivity contribution in [3.8, 4) is 0 Å². The molecule has 1 aromatic heterocycles. The van der Waals surface area contributed by atoms with Crippen LogP contribution in [0, 0.1) is 0 Å². The van der Waals surface area contributed by atoms with Crippen LogP contribution in [0.2, 0.25) is 0 Å². The van der Waals surface area contributed by atoms with Crippen molar-refractivity contribution in [3.63, 3.8) is 0 Å². The zero-order valence-corrected chi connectivity index (χ0v) is 12.1. The predicted molar refractivity (Wildman–Crippen MR) is 68.8 cm³/mol. The third kappa shape index (κ3) is 4.62. The number of nitrogens with one attached hydrogen (secondary N) is 1. The van der Waals surface area contributed by atoms with E-state index in [1.165, 1.54) is 0 Å². The van der Waals surface area contributed by atoms with Crippen molar-refractivity contribution in [1.29, 1.82) is 0 Å². The number of alkyl halides is 2. The molecule has 0 spiro atoms. The number of hydrogen-bond donors (Lipinski definition) is 1. The van der Waals surface area contributed by atoms with Crippen molar-refractivity contribution in [1.82, 2.24) is 15.1 Å². The van der Waals surface area contributed by atoms with Crippen molar-refractivity contribution in [2.45, 2.75) is 26.3 Å². The van der Waals surface area contributed by atoms with E-state index >= 15 is 0 Å². The number of aromatic nitrogens is 2. The molecule has 0 aromatic carbocycles. The van der Waals surface area contributed by atoms with Gasteiger partial charge in [0.2, 0.25) is 0 Å². The summed E-state index contributed by atoms with van der Waals surface area (Å²) in [6.45, 7) is 2.98. The third-order valence-electron chi connectivity index (χ3n) is 2.46. The Kier molecular flexibility index (Phi) is 6.73. The first-order valence-electron chi connectivity index (χ1n) is 5.83. The lowest BCUT2D eigenvalue weighted by molar-refractivity contribution is 0.0187. The third-order valence-corrected chi connectivity index (χ3v) is 3.38.